The molecule has 80 valence electrons. The Bertz CT molecular complexity index is 231. The van der Waals surface area contributed by atoms with Crippen LogP contribution >= 0.6 is 11.3 Å². The minimum absolute atomic E-state index is 0.620. The molecule has 0 aromatic carbocycles. The van der Waals surface area contributed by atoms with E-state index in [0.717, 1.165) is 18.9 Å². The minimum Gasteiger partial charge on any atom is -0.314 e. The van der Waals surface area contributed by atoms with Crippen molar-refractivity contribution < 1.29 is 0 Å². The highest BCUT2D eigenvalue weighted by Gasteiger charge is 2.04. The first kappa shape index (κ1) is 11.7. The van der Waals surface area contributed by atoms with Gasteiger partial charge in [-0.1, -0.05) is 13.8 Å². The lowest BCUT2D eigenvalue weighted by molar-refractivity contribution is 0.444. The maximum atomic E-state index is 4.25. The van der Waals surface area contributed by atoms with E-state index >= 15 is 0 Å². The fraction of sp³-hybridized carbons (Fsp3) is 0.727. The van der Waals surface area contributed by atoms with Crippen LogP contribution in [0.25, 0.3) is 0 Å². The summed E-state index contributed by atoms with van der Waals surface area (Å²) >= 11 is 1.74. The maximum absolute atomic E-state index is 4.25. The van der Waals surface area contributed by atoms with E-state index < -0.39 is 0 Å². The van der Waals surface area contributed by atoms with Crippen molar-refractivity contribution in [3.05, 3.63) is 16.6 Å². The van der Waals surface area contributed by atoms with Crippen molar-refractivity contribution in [2.24, 2.45) is 5.92 Å². The number of nitrogens with one attached hydrogen (secondary N) is 1. The predicted octanol–water partition coefficient (Wildman–Crippen LogP) is 2.71. The number of nitrogens with zero attached hydrogens (tertiary/aromatic N) is 1. The molecule has 2 nitrogen and oxygen atoms in total. The number of rotatable bonds is 6. The molecule has 0 aliphatic rings. The fourth-order valence-electron chi connectivity index (χ4n) is 1.59. The molecule has 0 saturated carbocycles. The predicted molar refractivity (Wildman–Crippen MR) is 62.7 cm³/mol. The summed E-state index contributed by atoms with van der Waals surface area (Å²) in [6.45, 7) is 7.82. The van der Waals surface area contributed by atoms with Crippen LogP contribution in [0.3, 0.4) is 0 Å². The van der Waals surface area contributed by atoms with Gasteiger partial charge in [0.2, 0.25) is 0 Å². The third kappa shape index (κ3) is 4.72. The van der Waals surface area contributed by atoms with Gasteiger partial charge in [0.15, 0.2) is 0 Å². The Hall–Kier alpha value is -0.410. The largest absolute Gasteiger partial charge is 0.314 e. The van der Waals surface area contributed by atoms with E-state index in [0.29, 0.717) is 6.04 Å². The van der Waals surface area contributed by atoms with Gasteiger partial charge in [0.25, 0.3) is 0 Å². The van der Waals surface area contributed by atoms with Gasteiger partial charge < -0.3 is 5.32 Å². The number of thiazole rings is 1. The molecule has 0 spiro atoms. The average Bonchev–Trinajstić information content (AvgIpc) is 2.55. The molecule has 0 amide bonds. The van der Waals surface area contributed by atoms with Crippen LogP contribution in [0.1, 0.15) is 32.2 Å². The van der Waals surface area contributed by atoms with E-state index in [4.69, 9.17) is 0 Å². The van der Waals surface area contributed by atoms with Crippen molar-refractivity contribution in [2.75, 3.05) is 6.54 Å². The van der Waals surface area contributed by atoms with Crippen LogP contribution in [0.4, 0.5) is 0 Å². The van der Waals surface area contributed by atoms with Crippen LogP contribution in [0.15, 0.2) is 11.6 Å². The van der Waals surface area contributed by atoms with E-state index in [-0.39, 0.29) is 0 Å². The Labute approximate surface area is 90.8 Å². The molecule has 0 saturated heterocycles. The third-order valence-corrected chi connectivity index (χ3v) is 2.98. The standard InChI is InChI=1S/C11H20N2S/c1-9(2)8-10(3)12-5-4-11-13-6-7-14-11/h6-7,9-10,12H,4-5,8H2,1-3H3. The molecule has 14 heavy (non-hydrogen) atoms. The first-order chi connectivity index (χ1) is 6.68. The zero-order valence-electron chi connectivity index (χ0n) is 9.29. The number of hydrogen-bond donors (Lipinski definition) is 1. The first-order valence-electron chi connectivity index (χ1n) is 5.30. The summed E-state index contributed by atoms with van der Waals surface area (Å²) in [5.74, 6) is 0.775. The van der Waals surface area contributed by atoms with E-state index in [1.165, 1.54) is 11.4 Å². The molecule has 1 atom stereocenters. The summed E-state index contributed by atoms with van der Waals surface area (Å²) < 4.78 is 0. The van der Waals surface area contributed by atoms with Gasteiger partial charge in [-0.2, -0.15) is 0 Å². The summed E-state index contributed by atoms with van der Waals surface area (Å²) in [5.41, 5.74) is 0. The quantitative estimate of drug-likeness (QED) is 0.784. The van der Waals surface area contributed by atoms with Crippen molar-refractivity contribution in [1.29, 1.82) is 0 Å². The summed E-state index contributed by atoms with van der Waals surface area (Å²) in [6, 6.07) is 0.620. The molecule has 1 unspecified atom stereocenters. The van der Waals surface area contributed by atoms with Crippen molar-refractivity contribution in [3.8, 4) is 0 Å². The lowest BCUT2D eigenvalue weighted by Gasteiger charge is -2.15. The van der Waals surface area contributed by atoms with Crippen molar-refractivity contribution in [3.63, 3.8) is 0 Å². The van der Waals surface area contributed by atoms with Gasteiger partial charge in [-0.05, 0) is 19.3 Å². The Kier molecular flexibility index (Phi) is 5.12. The molecular formula is C11H20N2S. The van der Waals surface area contributed by atoms with Gasteiger partial charge in [0, 0.05) is 30.6 Å². The lowest BCUT2D eigenvalue weighted by atomic mass is 10.1. The summed E-state index contributed by atoms with van der Waals surface area (Å²) in [4.78, 5) is 4.25. The minimum atomic E-state index is 0.620. The zero-order valence-corrected chi connectivity index (χ0v) is 10.1. The smallest absolute Gasteiger partial charge is 0.0937 e. The highest BCUT2D eigenvalue weighted by atomic mass is 32.1. The van der Waals surface area contributed by atoms with Crippen LogP contribution in [0.2, 0.25) is 0 Å². The summed E-state index contributed by atoms with van der Waals surface area (Å²) in [6.07, 6.45) is 4.18. The molecule has 3 heteroatoms. The van der Waals surface area contributed by atoms with E-state index in [2.05, 4.69) is 31.1 Å². The summed E-state index contributed by atoms with van der Waals surface area (Å²) in [5, 5.41) is 6.78. The first-order valence-corrected chi connectivity index (χ1v) is 6.18. The molecule has 0 aliphatic heterocycles. The van der Waals surface area contributed by atoms with Crippen LogP contribution in [-0.4, -0.2) is 17.6 Å². The highest BCUT2D eigenvalue weighted by Crippen LogP contribution is 2.06. The third-order valence-electron chi connectivity index (χ3n) is 2.14. The molecular weight excluding hydrogens is 192 g/mol. The zero-order chi connectivity index (χ0) is 10.4. The SMILES string of the molecule is CC(C)CC(C)NCCc1nccs1. The normalized spacial score (nSPS) is 13.4. The van der Waals surface area contributed by atoms with E-state index in [1.54, 1.807) is 11.3 Å². The molecule has 1 rings (SSSR count). The monoisotopic (exact) mass is 212 g/mol. The highest BCUT2D eigenvalue weighted by molar-refractivity contribution is 7.09. The molecule has 1 heterocycles. The van der Waals surface area contributed by atoms with Crippen LogP contribution < -0.4 is 5.32 Å². The lowest BCUT2D eigenvalue weighted by Crippen LogP contribution is -2.29. The van der Waals surface area contributed by atoms with Crippen molar-refractivity contribution >= 4 is 11.3 Å². The Morgan fingerprint density at radius 2 is 2.21 bits per heavy atom. The number of aromatic nitrogens is 1. The van der Waals surface area contributed by atoms with E-state index in [9.17, 15) is 0 Å². The molecule has 0 fully saturated rings. The topological polar surface area (TPSA) is 24.9 Å². The molecule has 0 aliphatic carbocycles. The van der Waals surface area contributed by atoms with E-state index in [1.807, 2.05) is 11.6 Å². The fourth-order valence-corrected chi connectivity index (χ4v) is 2.21. The van der Waals surface area contributed by atoms with Crippen LogP contribution in [0, 0.1) is 5.92 Å². The van der Waals surface area contributed by atoms with Gasteiger partial charge in [-0.3, -0.25) is 0 Å². The second-order valence-electron chi connectivity index (χ2n) is 4.16. The second kappa shape index (κ2) is 6.14. The van der Waals surface area contributed by atoms with Gasteiger partial charge in [0.05, 0.1) is 5.01 Å². The van der Waals surface area contributed by atoms with Gasteiger partial charge in [-0.15, -0.1) is 11.3 Å². The Balaban J connectivity index is 2.09. The average molecular weight is 212 g/mol. The Morgan fingerprint density at radius 3 is 2.79 bits per heavy atom. The molecule has 1 aromatic heterocycles. The Morgan fingerprint density at radius 1 is 1.43 bits per heavy atom. The summed E-state index contributed by atoms with van der Waals surface area (Å²) in [7, 11) is 0. The van der Waals surface area contributed by atoms with Crippen LogP contribution in [0.5, 0.6) is 0 Å². The molecule has 0 bridgehead atoms. The van der Waals surface area contributed by atoms with Crippen molar-refractivity contribution in [1.82, 2.24) is 10.3 Å². The molecule has 1 aromatic rings. The maximum Gasteiger partial charge on any atom is 0.0937 e. The second-order valence-corrected chi connectivity index (χ2v) is 5.14. The van der Waals surface area contributed by atoms with Gasteiger partial charge in [0.1, 0.15) is 0 Å². The molecule has 1 N–H and O–H groups in total. The number of hydrogen-bond acceptors (Lipinski definition) is 3. The molecule has 0 radical (unpaired) electrons. The van der Waals surface area contributed by atoms with Gasteiger partial charge in [-0.25, -0.2) is 4.98 Å². The van der Waals surface area contributed by atoms with Crippen molar-refractivity contribution in [2.45, 2.75) is 39.7 Å². The van der Waals surface area contributed by atoms with Crippen LogP contribution in [-0.2, 0) is 6.42 Å². The van der Waals surface area contributed by atoms with Gasteiger partial charge >= 0.3 is 0 Å².